The van der Waals surface area contributed by atoms with Gasteiger partial charge in [-0.3, -0.25) is 9.40 Å². The minimum Gasteiger partial charge on any atom is -0.480 e. The number of ether oxygens (including phenoxy) is 1. The van der Waals surface area contributed by atoms with Gasteiger partial charge in [-0.15, -0.1) is 5.10 Å². The molecule has 5 heterocycles. The number of hydrogen-bond donors (Lipinski definition) is 1. The molecular formula is C26H25F2N9O3S. The fraction of sp³-hybridized carbons (Fsp3) is 0.269. The summed E-state index contributed by atoms with van der Waals surface area (Å²) in [4.78, 5) is 10.3. The Balaban J connectivity index is 1.29. The number of halogens is 2. The number of hydrogen-bond acceptors (Lipinski definition) is 9. The molecule has 0 radical (unpaired) electrons. The molecule has 1 aliphatic rings. The van der Waals surface area contributed by atoms with Crippen molar-refractivity contribution in [1.29, 1.82) is 0 Å². The van der Waals surface area contributed by atoms with Crippen molar-refractivity contribution in [3.63, 3.8) is 0 Å². The van der Waals surface area contributed by atoms with Gasteiger partial charge in [-0.05, 0) is 56.3 Å². The van der Waals surface area contributed by atoms with Crippen LogP contribution in [0.3, 0.4) is 0 Å². The average Bonchev–Trinajstić information content (AvgIpc) is 3.72. The van der Waals surface area contributed by atoms with E-state index in [1.807, 2.05) is 6.20 Å². The second-order valence-corrected chi connectivity index (χ2v) is 11.2. The number of methoxy groups -OCH3 is 1. The minimum absolute atomic E-state index is 0.0465. The van der Waals surface area contributed by atoms with Gasteiger partial charge in [0.2, 0.25) is 5.88 Å². The largest absolute Gasteiger partial charge is 0.480 e. The van der Waals surface area contributed by atoms with Crippen molar-refractivity contribution in [2.24, 2.45) is 0 Å². The highest BCUT2D eigenvalue weighted by atomic mass is 32.2. The fourth-order valence-electron chi connectivity index (χ4n) is 4.70. The summed E-state index contributed by atoms with van der Waals surface area (Å²) in [6.07, 6.45) is 7.42. The molecule has 0 amide bonds. The average molecular weight is 582 g/mol. The molecular weight excluding hydrogens is 556 g/mol. The predicted molar refractivity (Wildman–Crippen MR) is 145 cm³/mol. The summed E-state index contributed by atoms with van der Waals surface area (Å²) in [6, 6.07) is 7.12. The predicted octanol–water partition coefficient (Wildman–Crippen LogP) is 3.23. The molecule has 1 fully saturated rings. The Morgan fingerprint density at radius 2 is 1.83 bits per heavy atom. The second kappa shape index (κ2) is 10.8. The van der Waals surface area contributed by atoms with Crippen LogP contribution in [0.1, 0.15) is 12.8 Å². The summed E-state index contributed by atoms with van der Waals surface area (Å²) in [5.74, 6) is -2.17. The highest BCUT2D eigenvalue weighted by molar-refractivity contribution is 7.92. The van der Waals surface area contributed by atoms with E-state index in [9.17, 15) is 17.2 Å². The third-order valence-electron chi connectivity index (χ3n) is 6.78. The SMILES string of the molecule is COc1ncc(-c2ccc3ncc(-c4cn(CCN5CCCC5)nn4)n3n2)cc1NS(=O)(=O)c1ccc(F)cc1F. The molecule has 0 bridgehead atoms. The van der Waals surface area contributed by atoms with Crippen molar-refractivity contribution in [1.82, 2.24) is 39.5 Å². The van der Waals surface area contributed by atoms with Gasteiger partial charge in [0.25, 0.3) is 10.0 Å². The van der Waals surface area contributed by atoms with E-state index in [-0.39, 0.29) is 11.6 Å². The lowest BCUT2D eigenvalue weighted by atomic mass is 10.2. The van der Waals surface area contributed by atoms with Gasteiger partial charge in [0.15, 0.2) is 5.65 Å². The summed E-state index contributed by atoms with van der Waals surface area (Å²) in [6.45, 7) is 3.84. The van der Waals surface area contributed by atoms with Crippen LogP contribution in [0.5, 0.6) is 5.88 Å². The zero-order chi connectivity index (χ0) is 28.6. The van der Waals surface area contributed by atoms with E-state index in [4.69, 9.17) is 4.74 Å². The molecule has 4 aromatic heterocycles. The van der Waals surface area contributed by atoms with E-state index in [0.717, 1.165) is 38.3 Å². The molecule has 1 saturated heterocycles. The number of imidazole rings is 1. The summed E-state index contributed by atoms with van der Waals surface area (Å²) in [7, 11) is -3.12. The van der Waals surface area contributed by atoms with E-state index in [2.05, 4.69) is 35.0 Å². The molecule has 5 aromatic rings. The van der Waals surface area contributed by atoms with Crippen molar-refractivity contribution in [2.75, 3.05) is 31.5 Å². The van der Waals surface area contributed by atoms with Crippen LogP contribution in [0.4, 0.5) is 14.5 Å². The topological polar surface area (TPSA) is 132 Å². The molecule has 0 aliphatic carbocycles. The molecule has 0 unspecified atom stereocenters. The number of benzene rings is 1. The molecule has 212 valence electrons. The van der Waals surface area contributed by atoms with Gasteiger partial charge in [0.05, 0.1) is 31.7 Å². The number of nitrogens with zero attached hydrogens (tertiary/aromatic N) is 8. The first kappa shape index (κ1) is 26.7. The molecule has 12 nitrogen and oxygen atoms in total. The van der Waals surface area contributed by atoms with Crippen molar-refractivity contribution < 1.29 is 21.9 Å². The summed E-state index contributed by atoms with van der Waals surface area (Å²) < 4.78 is 64.3. The van der Waals surface area contributed by atoms with Crippen LogP contribution in [-0.2, 0) is 16.6 Å². The summed E-state index contributed by atoms with van der Waals surface area (Å²) >= 11 is 0. The third-order valence-corrected chi connectivity index (χ3v) is 8.17. The first-order chi connectivity index (χ1) is 19.8. The van der Waals surface area contributed by atoms with Gasteiger partial charge >= 0.3 is 0 Å². The van der Waals surface area contributed by atoms with Crippen LogP contribution < -0.4 is 9.46 Å². The fourth-order valence-corrected chi connectivity index (χ4v) is 5.81. The summed E-state index contributed by atoms with van der Waals surface area (Å²) in [5, 5.41) is 13.2. The first-order valence-corrected chi connectivity index (χ1v) is 14.3. The molecule has 41 heavy (non-hydrogen) atoms. The van der Waals surface area contributed by atoms with Crippen molar-refractivity contribution in [3.05, 3.63) is 66.6 Å². The van der Waals surface area contributed by atoms with Gasteiger partial charge in [0.1, 0.15) is 33.6 Å². The smallest absolute Gasteiger partial charge is 0.264 e. The van der Waals surface area contributed by atoms with Crippen LogP contribution in [0.2, 0.25) is 0 Å². The highest BCUT2D eigenvalue weighted by Crippen LogP contribution is 2.30. The molecule has 6 rings (SSSR count). The van der Waals surface area contributed by atoms with Crippen molar-refractivity contribution in [2.45, 2.75) is 24.3 Å². The molecule has 1 aromatic carbocycles. The van der Waals surface area contributed by atoms with Crippen LogP contribution in [0.25, 0.3) is 28.3 Å². The summed E-state index contributed by atoms with van der Waals surface area (Å²) in [5.41, 5.74) is 2.64. The number of aromatic nitrogens is 7. The number of nitrogens with one attached hydrogen (secondary N) is 1. The Morgan fingerprint density at radius 1 is 1.00 bits per heavy atom. The van der Waals surface area contributed by atoms with E-state index < -0.39 is 26.6 Å². The maximum absolute atomic E-state index is 14.2. The van der Waals surface area contributed by atoms with Gasteiger partial charge in [-0.25, -0.2) is 31.7 Å². The number of fused-ring (bicyclic) bond motifs is 1. The maximum atomic E-state index is 14.2. The number of sulfonamides is 1. The zero-order valence-electron chi connectivity index (χ0n) is 21.9. The van der Waals surface area contributed by atoms with Gasteiger partial charge in [0, 0.05) is 24.4 Å². The maximum Gasteiger partial charge on any atom is 0.264 e. The second-order valence-electron chi connectivity index (χ2n) is 9.51. The van der Waals surface area contributed by atoms with E-state index >= 15 is 0 Å². The van der Waals surface area contributed by atoms with Gasteiger partial charge in [-0.2, -0.15) is 5.10 Å². The molecule has 1 N–H and O–H groups in total. The first-order valence-electron chi connectivity index (χ1n) is 12.8. The lowest BCUT2D eigenvalue weighted by Crippen LogP contribution is -2.24. The Hall–Kier alpha value is -4.50. The Kier molecular flexibility index (Phi) is 7.05. The minimum atomic E-state index is -4.44. The van der Waals surface area contributed by atoms with Crippen LogP contribution in [0.15, 0.2) is 59.9 Å². The van der Waals surface area contributed by atoms with E-state index in [1.165, 1.54) is 32.2 Å². The number of rotatable bonds is 9. The number of pyridine rings is 1. The lowest BCUT2D eigenvalue weighted by Gasteiger charge is -2.13. The Labute approximate surface area is 233 Å². The van der Waals surface area contributed by atoms with Crippen molar-refractivity contribution >= 4 is 21.4 Å². The van der Waals surface area contributed by atoms with Crippen molar-refractivity contribution in [3.8, 4) is 28.5 Å². The third kappa shape index (κ3) is 5.45. The van der Waals surface area contributed by atoms with Crippen LogP contribution in [0, 0.1) is 11.6 Å². The van der Waals surface area contributed by atoms with E-state index in [1.54, 1.807) is 27.5 Å². The van der Waals surface area contributed by atoms with Gasteiger partial charge < -0.3 is 9.64 Å². The Bertz CT molecular complexity index is 1840. The molecule has 0 saturated carbocycles. The standard InChI is InChI=1S/C26H25F2N9O3S/c1-40-26-21(33-41(38,39)24-6-4-18(27)13-19(24)28)12-17(14-30-26)20-5-7-25-29-15-23(37(25)32-20)22-16-36(34-31-22)11-10-35-8-2-3-9-35/h4-7,12-16,33H,2-3,8-11H2,1H3. The quantitative estimate of drug-likeness (QED) is 0.279. The molecule has 1 aliphatic heterocycles. The Morgan fingerprint density at radius 3 is 2.61 bits per heavy atom. The zero-order valence-corrected chi connectivity index (χ0v) is 22.7. The van der Waals surface area contributed by atoms with E-state index in [0.29, 0.717) is 34.4 Å². The van der Waals surface area contributed by atoms with Gasteiger partial charge in [-0.1, -0.05) is 5.21 Å². The molecule has 0 spiro atoms. The number of anilines is 1. The van der Waals surface area contributed by atoms with Crippen LogP contribution in [-0.4, -0.2) is 74.6 Å². The van der Waals surface area contributed by atoms with Crippen LogP contribution >= 0.6 is 0 Å². The number of likely N-dealkylation sites (tertiary alicyclic amines) is 1. The normalized spacial score (nSPS) is 14.1. The molecule has 0 atom stereocenters. The lowest BCUT2D eigenvalue weighted by molar-refractivity contribution is 0.314. The highest BCUT2D eigenvalue weighted by Gasteiger charge is 2.23. The monoisotopic (exact) mass is 581 g/mol. The molecule has 15 heteroatoms.